The zero-order chi connectivity index (χ0) is 13.8. The van der Waals surface area contributed by atoms with Crippen molar-refractivity contribution in [3.8, 4) is 0 Å². The van der Waals surface area contributed by atoms with Crippen LogP contribution < -0.4 is 16.0 Å². The van der Waals surface area contributed by atoms with Crippen molar-refractivity contribution in [3.05, 3.63) is 12.0 Å². The number of aromatic nitrogens is 2. The number of hydrogen-bond acceptors (Lipinski definition) is 6. The second kappa shape index (κ2) is 5.79. The number of carbonyl (C=O) groups is 1. The van der Waals surface area contributed by atoms with Gasteiger partial charge in [-0.2, -0.15) is 4.98 Å². The fraction of sp³-hybridized carbons (Fsp3) is 0.545. The maximum absolute atomic E-state index is 13.8. The molecule has 8 heteroatoms. The number of rotatable bonds is 4. The lowest BCUT2D eigenvalue weighted by Gasteiger charge is -2.34. The summed E-state index contributed by atoms with van der Waals surface area (Å²) in [6, 6.07) is -0.715. The number of primary amides is 1. The molecule has 2 rings (SSSR count). The molecule has 0 radical (unpaired) electrons. The van der Waals surface area contributed by atoms with Gasteiger partial charge in [0.1, 0.15) is 6.04 Å². The Morgan fingerprint density at radius 1 is 1.74 bits per heavy atom. The second-order valence-corrected chi connectivity index (χ2v) is 4.08. The van der Waals surface area contributed by atoms with Crippen LogP contribution in [0.25, 0.3) is 0 Å². The molecular weight excluding hydrogens is 253 g/mol. The number of ether oxygens (including phenoxy) is 1. The molecule has 1 fully saturated rings. The first-order valence-electron chi connectivity index (χ1n) is 6.03. The van der Waals surface area contributed by atoms with Crippen LogP contribution in [0.5, 0.6) is 0 Å². The highest BCUT2D eigenvalue weighted by Crippen LogP contribution is 2.21. The molecular formula is C11H16FN5O2. The van der Waals surface area contributed by atoms with E-state index in [9.17, 15) is 9.18 Å². The van der Waals surface area contributed by atoms with E-state index >= 15 is 0 Å². The number of amides is 1. The van der Waals surface area contributed by atoms with Crippen molar-refractivity contribution in [2.75, 3.05) is 36.5 Å². The monoisotopic (exact) mass is 269 g/mol. The van der Waals surface area contributed by atoms with Crippen LogP contribution in [0.3, 0.4) is 0 Å². The van der Waals surface area contributed by atoms with Crippen LogP contribution >= 0.6 is 0 Å². The third kappa shape index (κ3) is 2.90. The molecule has 1 amide bonds. The molecule has 0 bridgehead atoms. The molecule has 1 aromatic rings. The van der Waals surface area contributed by atoms with E-state index in [0.717, 1.165) is 6.20 Å². The highest BCUT2D eigenvalue weighted by molar-refractivity contribution is 5.83. The lowest BCUT2D eigenvalue weighted by atomic mass is 10.2. The van der Waals surface area contributed by atoms with Crippen molar-refractivity contribution >= 4 is 17.7 Å². The van der Waals surface area contributed by atoms with E-state index in [1.807, 2.05) is 6.92 Å². The first-order valence-corrected chi connectivity index (χ1v) is 6.03. The van der Waals surface area contributed by atoms with Crippen LogP contribution in [-0.4, -0.2) is 48.2 Å². The van der Waals surface area contributed by atoms with Crippen LogP contribution in [0.1, 0.15) is 6.92 Å². The average molecular weight is 269 g/mol. The Labute approximate surface area is 110 Å². The van der Waals surface area contributed by atoms with Gasteiger partial charge >= 0.3 is 0 Å². The van der Waals surface area contributed by atoms with Crippen molar-refractivity contribution in [2.45, 2.75) is 13.0 Å². The van der Waals surface area contributed by atoms with E-state index < -0.39 is 17.8 Å². The Hall–Kier alpha value is -1.96. The van der Waals surface area contributed by atoms with Crippen molar-refractivity contribution in [1.29, 1.82) is 0 Å². The SMILES string of the molecule is CCNc1ncc(F)c(N2CCOCC2C(N)=O)n1. The van der Waals surface area contributed by atoms with Crippen LogP contribution in [0.2, 0.25) is 0 Å². The topological polar surface area (TPSA) is 93.4 Å². The fourth-order valence-corrected chi connectivity index (χ4v) is 1.90. The summed E-state index contributed by atoms with van der Waals surface area (Å²) >= 11 is 0. The summed E-state index contributed by atoms with van der Waals surface area (Å²) in [5.74, 6) is -0.774. The van der Waals surface area contributed by atoms with Gasteiger partial charge in [0.25, 0.3) is 0 Å². The number of hydrogen-bond donors (Lipinski definition) is 2. The maximum atomic E-state index is 13.8. The Balaban J connectivity index is 2.32. The van der Waals surface area contributed by atoms with Gasteiger partial charge in [-0.15, -0.1) is 0 Å². The van der Waals surface area contributed by atoms with Gasteiger partial charge in [-0.25, -0.2) is 9.37 Å². The molecule has 1 aromatic heterocycles. The summed E-state index contributed by atoms with van der Waals surface area (Å²) in [4.78, 5) is 20.8. The first-order chi connectivity index (χ1) is 9.13. The van der Waals surface area contributed by atoms with Crippen molar-refractivity contribution in [2.24, 2.45) is 5.73 Å². The smallest absolute Gasteiger partial charge is 0.242 e. The first kappa shape index (κ1) is 13.5. The Morgan fingerprint density at radius 3 is 3.21 bits per heavy atom. The molecule has 0 spiro atoms. The standard InChI is InChI=1S/C11H16FN5O2/c1-2-14-11-15-5-7(12)10(16-11)17-3-4-19-6-8(17)9(13)18/h5,8H,2-4,6H2,1H3,(H2,13,18)(H,14,15,16). The highest BCUT2D eigenvalue weighted by Gasteiger charge is 2.30. The lowest BCUT2D eigenvalue weighted by molar-refractivity contribution is -0.121. The zero-order valence-electron chi connectivity index (χ0n) is 10.6. The number of morpholine rings is 1. The fourth-order valence-electron chi connectivity index (χ4n) is 1.90. The van der Waals surface area contributed by atoms with E-state index in [4.69, 9.17) is 10.5 Å². The zero-order valence-corrected chi connectivity index (χ0v) is 10.6. The summed E-state index contributed by atoms with van der Waals surface area (Å²) in [5, 5.41) is 2.90. The van der Waals surface area contributed by atoms with E-state index in [2.05, 4.69) is 15.3 Å². The molecule has 7 nitrogen and oxygen atoms in total. The number of halogens is 1. The molecule has 1 atom stereocenters. The normalized spacial score (nSPS) is 19.3. The lowest BCUT2D eigenvalue weighted by Crippen LogP contribution is -2.53. The Kier molecular flexibility index (Phi) is 4.10. The predicted molar refractivity (Wildman–Crippen MR) is 67.3 cm³/mol. The molecule has 2 heterocycles. The highest BCUT2D eigenvalue weighted by atomic mass is 19.1. The van der Waals surface area contributed by atoms with Crippen molar-refractivity contribution in [1.82, 2.24) is 9.97 Å². The number of nitrogens with two attached hydrogens (primary N) is 1. The van der Waals surface area contributed by atoms with Gasteiger partial charge < -0.3 is 20.7 Å². The van der Waals surface area contributed by atoms with Gasteiger partial charge in [0.2, 0.25) is 11.9 Å². The molecule has 1 aliphatic heterocycles. The van der Waals surface area contributed by atoms with Gasteiger partial charge in [0.15, 0.2) is 11.6 Å². The average Bonchev–Trinajstić information content (AvgIpc) is 2.41. The largest absolute Gasteiger partial charge is 0.377 e. The van der Waals surface area contributed by atoms with Crippen molar-refractivity contribution in [3.63, 3.8) is 0 Å². The molecule has 1 saturated heterocycles. The Morgan fingerprint density at radius 2 is 2.53 bits per heavy atom. The molecule has 0 aromatic carbocycles. The number of anilines is 2. The molecule has 0 aliphatic carbocycles. The summed E-state index contributed by atoms with van der Waals surface area (Å²) in [5.41, 5.74) is 5.30. The molecule has 1 unspecified atom stereocenters. The number of nitrogens with one attached hydrogen (secondary N) is 1. The van der Waals surface area contributed by atoms with E-state index in [1.165, 1.54) is 4.90 Å². The second-order valence-electron chi connectivity index (χ2n) is 4.08. The maximum Gasteiger partial charge on any atom is 0.242 e. The predicted octanol–water partition coefficient (Wildman–Crippen LogP) is -0.262. The summed E-state index contributed by atoms with van der Waals surface area (Å²) in [6.45, 7) is 3.38. The quantitative estimate of drug-likeness (QED) is 0.782. The van der Waals surface area contributed by atoms with Crippen LogP contribution in [0, 0.1) is 5.82 Å². The van der Waals surface area contributed by atoms with Crippen LogP contribution in [-0.2, 0) is 9.53 Å². The van der Waals surface area contributed by atoms with Gasteiger partial charge in [-0.05, 0) is 6.92 Å². The van der Waals surface area contributed by atoms with E-state index in [1.54, 1.807) is 0 Å². The molecule has 0 saturated carbocycles. The summed E-state index contributed by atoms with van der Waals surface area (Å²) in [6.07, 6.45) is 1.08. The number of nitrogens with zero attached hydrogens (tertiary/aromatic N) is 3. The van der Waals surface area contributed by atoms with Crippen molar-refractivity contribution < 1.29 is 13.9 Å². The van der Waals surface area contributed by atoms with Gasteiger partial charge in [-0.3, -0.25) is 4.79 Å². The summed E-state index contributed by atoms with van der Waals surface area (Å²) in [7, 11) is 0. The van der Waals surface area contributed by atoms with Crippen LogP contribution in [0.15, 0.2) is 6.20 Å². The van der Waals surface area contributed by atoms with E-state index in [-0.39, 0.29) is 12.4 Å². The summed E-state index contributed by atoms with van der Waals surface area (Å²) < 4.78 is 19.0. The van der Waals surface area contributed by atoms with Gasteiger partial charge in [0.05, 0.1) is 19.4 Å². The van der Waals surface area contributed by atoms with E-state index in [0.29, 0.717) is 25.6 Å². The molecule has 3 N–H and O–H groups in total. The minimum absolute atomic E-state index is 0.0676. The Bertz CT molecular complexity index is 470. The number of carbonyl (C=O) groups excluding carboxylic acids is 1. The minimum atomic E-state index is -0.715. The molecule has 19 heavy (non-hydrogen) atoms. The third-order valence-corrected chi connectivity index (χ3v) is 2.79. The third-order valence-electron chi connectivity index (χ3n) is 2.79. The van der Waals surface area contributed by atoms with Gasteiger partial charge in [0, 0.05) is 13.1 Å². The van der Waals surface area contributed by atoms with Crippen LogP contribution in [0.4, 0.5) is 16.2 Å². The molecule has 1 aliphatic rings. The van der Waals surface area contributed by atoms with Gasteiger partial charge in [-0.1, -0.05) is 0 Å². The molecule has 104 valence electrons. The minimum Gasteiger partial charge on any atom is -0.377 e.